The van der Waals surface area contributed by atoms with Crippen molar-refractivity contribution >= 4 is 37.4 Å². The van der Waals surface area contributed by atoms with Crippen LogP contribution < -0.4 is 10.3 Å². The maximum atomic E-state index is 13.4. The molecule has 8 nitrogen and oxygen atoms in total. The van der Waals surface area contributed by atoms with Gasteiger partial charge < -0.3 is 0 Å². The number of rotatable bonds is 7. The van der Waals surface area contributed by atoms with Crippen molar-refractivity contribution in [1.29, 1.82) is 0 Å². The van der Waals surface area contributed by atoms with Crippen LogP contribution in [0.2, 0.25) is 5.02 Å². The fraction of sp³-hybridized carbons (Fsp3) is 0.174. The van der Waals surface area contributed by atoms with Crippen LogP contribution in [0.4, 0.5) is 0 Å². The summed E-state index contributed by atoms with van der Waals surface area (Å²) in [5.74, 6) is 0. The Bertz CT molecular complexity index is 1420. The molecular weight excluding hydrogens is 496 g/mol. The van der Waals surface area contributed by atoms with Gasteiger partial charge in [-0.2, -0.15) is 17.9 Å². The van der Waals surface area contributed by atoms with Crippen LogP contribution in [0.5, 0.6) is 0 Å². The SMILES string of the molecule is Cc1ccc(S(=O)(=O)NNC2CC(c3ccc(Cl)cc3)=NN2S(=O)(=O)c2ccc(C)cc2)cc1. The minimum atomic E-state index is -4.07. The van der Waals surface area contributed by atoms with Gasteiger partial charge in [0.25, 0.3) is 20.0 Å². The second-order valence-electron chi connectivity index (χ2n) is 7.93. The quantitative estimate of drug-likeness (QED) is 0.465. The molecule has 1 atom stereocenters. The third kappa shape index (κ3) is 5.16. The summed E-state index contributed by atoms with van der Waals surface area (Å²) < 4.78 is 53.2. The molecule has 3 aromatic rings. The van der Waals surface area contributed by atoms with Crippen LogP contribution >= 0.6 is 11.6 Å². The van der Waals surface area contributed by atoms with E-state index in [4.69, 9.17) is 11.6 Å². The number of hydrazine groups is 1. The first-order valence-electron chi connectivity index (χ1n) is 10.3. The summed E-state index contributed by atoms with van der Waals surface area (Å²) in [7, 11) is -8.01. The average Bonchev–Trinajstić information content (AvgIpc) is 3.24. The Hall–Kier alpha value is -2.76. The number of nitrogens with zero attached hydrogens (tertiary/aromatic N) is 2. The van der Waals surface area contributed by atoms with Crippen molar-refractivity contribution < 1.29 is 16.8 Å². The molecule has 1 aliphatic rings. The Morgan fingerprint density at radius 3 is 1.91 bits per heavy atom. The number of benzene rings is 3. The third-order valence-corrected chi connectivity index (χ3v) is 8.53. The Morgan fingerprint density at radius 1 is 0.824 bits per heavy atom. The molecular formula is C23H23ClN4O4S2. The lowest BCUT2D eigenvalue weighted by molar-refractivity contribution is 0.301. The first-order valence-corrected chi connectivity index (χ1v) is 13.6. The Kier molecular flexibility index (Phi) is 6.79. The monoisotopic (exact) mass is 518 g/mol. The molecule has 178 valence electrons. The summed E-state index contributed by atoms with van der Waals surface area (Å²) in [4.78, 5) is 2.40. The van der Waals surface area contributed by atoms with Gasteiger partial charge in [-0.15, -0.1) is 4.83 Å². The molecule has 0 saturated heterocycles. The Morgan fingerprint density at radius 2 is 1.35 bits per heavy atom. The van der Waals surface area contributed by atoms with Gasteiger partial charge in [-0.25, -0.2) is 13.8 Å². The van der Waals surface area contributed by atoms with Crippen molar-refractivity contribution in [3.8, 4) is 0 Å². The van der Waals surface area contributed by atoms with Crippen LogP contribution in [0.3, 0.4) is 0 Å². The predicted molar refractivity (Wildman–Crippen MR) is 131 cm³/mol. The lowest BCUT2D eigenvalue weighted by Crippen LogP contribution is -2.51. The molecule has 0 radical (unpaired) electrons. The van der Waals surface area contributed by atoms with E-state index in [0.29, 0.717) is 16.3 Å². The van der Waals surface area contributed by atoms with Crippen LogP contribution in [0, 0.1) is 13.8 Å². The summed E-state index contributed by atoms with van der Waals surface area (Å²) in [6.45, 7) is 3.71. The summed E-state index contributed by atoms with van der Waals surface area (Å²) in [6.07, 6.45) is -0.861. The third-order valence-electron chi connectivity index (χ3n) is 5.31. The van der Waals surface area contributed by atoms with E-state index in [9.17, 15) is 16.8 Å². The molecule has 0 aliphatic carbocycles. The number of hydrogen-bond acceptors (Lipinski definition) is 6. The summed E-state index contributed by atoms with van der Waals surface area (Å²) in [5.41, 5.74) is 5.63. The predicted octanol–water partition coefficient (Wildman–Crippen LogP) is 3.56. The summed E-state index contributed by atoms with van der Waals surface area (Å²) >= 11 is 5.97. The van der Waals surface area contributed by atoms with Crippen LogP contribution in [-0.2, 0) is 20.0 Å². The zero-order chi connectivity index (χ0) is 24.5. The van der Waals surface area contributed by atoms with Crippen molar-refractivity contribution in [2.45, 2.75) is 36.2 Å². The molecule has 0 spiro atoms. The van der Waals surface area contributed by atoms with Gasteiger partial charge in [-0.1, -0.05) is 59.1 Å². The zero-order valence-corrected chi connectivity index (χ0v) is 20.8. The molecule has 1 unspecified atom stereocenters. The minimum absolute atomic E-state index is 0.0485. The number of hydrogen-bond donors (Lipinski definition) is 2. The Balaban J connectivity index is 1.64. The van der Waals surface area contributed by atoms with E-state index in [1.54, 1.807) is 48.5 Å². The molecule has 1 aliphatic heterocycles. The number of aryl methyl sites for hydroxylation is 2. The van der Waals surface area contributed by atoms with Gasteiger partial charge in [-0.05, 0) is 55.8 Å². The normalized spacial score (nSPS) is 16.5. The van der Waals surface area contributed by atoms with Crippen molar-refractivity contribution in [3.05, 3.63) is 94.5 Å². The molecule has 0 amide bonds. The molecule has 0 bridgehead atoms. The summed E-state index contributed by atoms with van der Waals surface area (Å²) in [5, 5.41) is 4.88. The van der Waals surface area contributed by atoms with E-state index in [1.165, 1.54) is 24.3 Å². The number of nitrogens with one attached hydrogen (secondary N) is 2. The molecule has 1 heterocycles. The van der Waals surface area contributed by atoms with Gasteiger partial charge in [0.05, 0.1) is 15.5 Å². The van der Waals surface area contributed by atoms with Crippen LogP contribution in [0.25, 0.3) is 0 Å². The molecule has 3 aromatic carbocycles. The first-order chi connectivity index (χ1) is 16.1. The van der Waals surface area contributed by atoms with Crippen molar-refractivity contribution in [1.82, 2.24) is 14.7 Å². The maximum Gasteiger partial charge on any atom is 0.280 e. The number of hydrazone groups is 1. The largest absolute Gasteiger partial charge is 0.280 e. The van der Waals surface area contributed by atoms with E-state index in [1.807, 2.05) is 13.8 Å². The lowest BCUT2D eigenvalue weighted by atomic mass is 10.1. The topological polar surface area (TPSA) is 108 Å². The van der Waals surface area contributed by atoms with Gasteiger partial charge >= 0.3 is 0 Å². The molecule has 34 heavy (non-hydrogen) atoms. The van der Waals surface area contributed by atoms with Gasteiger partial charge in [-0.3, -0.25) is 0 Å². The van der Waals surface area contributed by atoms with E-state index in [-0.39, 0.29) is 16.2 Å². The number of halogens is 1. The number of sulfonamides is 2. The van der Waals surface area contributed by atoms with Crippen LogP contribution in [-0.4, -0.2) is 33.1 Å². The highest BCUT2D eigenvalue weighted by molar-refractivity contribution is 7.89. The fourth-order valence-corrected chi connectivity index (χ4v) is 5.77. The second kappa shape index (κ2) is 9.47. The minimum Gasteiger partial charge on any atom is -0.219 e. The highest BCUT2D eigenvalue weighted by Crippen LogP contribution is 2.27. The van der Waals surface area contributed by atoms with Crippen molar-refractivity contribution in [2.24, 2.45) is 5.10 Å². The van der Waals surface area contributed by atoms with Gasteiger partial charge in [0.2, 0.25) is 0 Å². The van der Waals surface area contributed by atoms with E-state index in [0.717, 1.165) is 15.5 Å². The molecule has 0 fully saturated rings. The highest BCUT2D eigenvalue weighted by atomic mass is 35.5. The molecule has 0 saturated carbocycles. The van der Waals surface area contributed by atoms with E-state index in [2.05, 4.69) is 15.4 Å². The van der Waals surface area contributed by atoms with Crippen LogP contribution in [0.1, 0.15) is 23.1 Å². The van der Waals surface area contributed by atoms with Gasteiger partial charge in [0, 0.05) is 11.4 Å². The zero-order valence-electron chi connectivity index (χ0n) is 18.4. The molecule has 11 heteroatoms. The van der Waals surface area contributed by atoms with Crippen molar-refractivity contribution in [3.63, 3.8) is 0 Å². The Labute approximate surface area is 204 Å². The average molecular weight is 519 g/mol. The molecule has 0 aromatic heterocycles. The lowest BCUT2D eigenvalue weighted by Gasteiger charge is -2.24. The maximum absolute atomic E-state index is 13.4. The fourth-order valence-electron chi connectivity index (χ4n) is 3.38. The second-order valence-corrected chi connectivity index (χ2v) is 11.8. The molecule has 4 rings (SSSR count). The standard InChI is InChI=1S/C23H23ClN4O4S2/c1-16-3-11-20(12-4-16)33(29,30)27-25-23-15-22(18-7-9-19(24)10-8-18)26-28(23)34(31,32)21-13-5-17(2)6-14-21/h3-14,23,25,27H,15H2,1-2H3. The summed E-state index contributed by atoms with van der Waals surface area (Å²) in [6, 6.07) is 19.5. The van der Waals surface area contributed by atoms with Crippen LogP contribution in [0.15, 0.2) is 87.7 Å². The highest BCUT2D eigenvalue weighted by Gasteiger charge is 2.37. The smallest absolute Gasteiger partial charge is 0.219 e. The van der Waals surface area contributed by atoms with Gasteiger partial charge in [0.15, 0.2) is 0 Å². The molecule has 2 N–H and O–H groups in total. The van der Waals surface area contributed by atoms with Gasteiger partial charge in [0.1, 0.15) is 6.17 Å². The van der Waals surface area contributed by atoms with Crippen molar-refractivity contribution in [2.75, 3.05) is 0 Å². The first kappa shape index (κ1) is 24.4. The van der Waals surface area contributed by atoms with E-state index >= 15 is 0 Å². The van der Waals surface area contributed by atoms with E-state index < -0.39 is 26.2 Å².